The first kappa shape index (κ1) is 24.9. The van der Waals surface area contributed by atoms with Crippen molar-refractivity contribution in [3.8, 4) is 0 Å². The fourth-order valence-electron chi connectivity index (χ4n) is 2.97. The molecule has 0 spiro atoms. The fraction of sp³-hybridized carbons (Fsp3) is 0.611. The Morgan fingerprint density at radius 1 is 1.25 bits per heavy atom. The Morgan fingerprint density at radius 2 is 1.89 bits per heavy atom. The van der Waals surface area contributed by atoms with Crippen LogP contribution in [-0.4, -0.2) is 65.8 Å². The first-order chi connectivity index (χ1) is 12.8. The quantitative estimate of drug-likeness (QED) is 0.273. The summed E-state index contributed by atoms with van der Waals surface area (Å²) in [6.07, 6.45) is -4.23. The molecule has 1 fully saturated rings. The molecule has 0 amide bonds. The number of benzene rings is 1. The molecule has 28 heavy (non-hydrogen) atoms. The molecule has 2 rings (SSSR count). The van der Waals surface area contributed by atoms with Gasteiger partial charge in [0.05, 0.1) is 13.2 Å². The van der Waals surface area contributed by atoms with Crippen LogP contribution in [0, 0.1) is 5.82 Å². The van der Waals surface area contributed by atoms with Crippen molar-refractivity contribution in [2.45, 2.75) is 39.2 Å². The van der Waals surface area contributed by atoms with Gasteiger partial charge in [-0.3, -0.25) is 4.90 Å². The first-order valence-electron chi connectivity index (χ1n) is 8.98. The second kappa shape index (κ2) is 11.1. The number of guanidine groups is 1. The minimum Gasteiger partial charge on any atom is -0.392 e. The summed E-state index contributed by atoms with van der Waals surface area (Å²) in [5, 5.41) is 12.3. The van der Waals surface area contributed by atoms with Gasteiger partial charge in [-0.2, -0.15) is 13.2 Å². The minimum absolute atomic E-state index is 0. The van der Waals surface area contributed by atoms with E-state index < -0.39 is 18.0 Å². The zero-order chi connectivity index (χ0) is 20.0. The van der Waals surface area contributed by atoms with Crippen molar-refractivity contribution in [2.75, 3.05) is 32.7 Å². The molecule has 0 radical (unpaired) electrons. The Kier molecular flexibility index (Phi) is 9.91. The van der Waals surface area contributed by atoms with Gasteiger partial charge in [0.15, 0.2) is 5.96 Å². The predicted octanol–water partition coefficient (Wildman–Crippen LogP) is 2.97. The average molecular weight is 518 g/mol. The summed E-state index contributed by atoms with van der Waals surface area (Å²) in [6.45, 7) is 5.12. The number of aliphatic hydroxyl groups excluding tert-OH is 1. The van der Waals surface area contributed by atoms with Crippen molar-refractivity contribution < 1.29 is 22.7 Å². The fourth-order valence-corrected chi connectivity index (χ4v) is 2.97. The number of alkyl halides is 3. The highest BCUT2D eigenvalue weighted by Gasteiger charge is 2.41. The van der Waals surface area contributed by atoms with Crippen molar-refractivity contribution in [1.82, 2.24) is 15.1 Å². The van der Waals surface area contributed by atoms with E-state index in [-0.39, 0.29) is 42.7 Å². The van der Waals surface area contributed by atoms with Gasteiger partial charge >= 0.3 is 6.18 Å². The lowest BCUT2D eigenvalue weighted by Crippen LogP contribution is -2.56. The Balaban J connectivity index is 0.00000392. The maximum absolute atomic E-state index is 13.5. The monoisotopic (exact) mass is 518 g/mol. The van der Waals surface area contributed by atoms with E-state index in [1.54, 1.807) is 12.1 Å². The lowest BCUT2D eigenvalue weighted by molar-refractivity contribution is -0.181. The van der Waals surface area contributed by atoms with Crippen LogP contribution in [0.2, 0.25) is 0 Å². The van der Waals surface area contributed by atoms with Crippen LogP contribution in [0.4, 0.5) is 17.6 Å². The van der Waals surface area contributed by atoms with Gasteiger partial charge in [0.25, 0.3) is 0 Å². The Hall–Kier alpha value is -1.14. The number of aliphatic hydroxyl groups is 1. The smallest absolute Gasteiger partial charge is 0.392 e. The minimum atomic E-state index is -4.23. The van der Waals surface area contributed by atoms with Crippen LogP contribution in [0.15, 0.2) is 23.2 Å². The third-order valence-electron chi connectivity index (χ3n) is 4.66. The third-order valence-corrected chi connectivity index (χ3v) is 4.66. The van der Waals surface area contributed by atoms with E-state index in [1.165, 1.54) is 17.9 Å². The Labute approximate surface area is 179 Å². The van der Waals surface area contributed by atoms with Crippen molar-refractivity contribution >= 4 is 29.9 Å². The molecule has 1 aromatic carbocycles. The Bertz CT molecular complexity index is 649. The molecule has 0 bridgehead atoms. The number of hydrogen-bond donors (Lipinski definition) is 2. The second-order valence-corrected chi connectivity index (χ2v) is 6.49. The van der Waals surface area contributed by atoms with Crippen LogP contribution >= 0.6 is 24.0 Å². The molecule has 0 aliphatic carbocycles. The van der Waals surface area contributed by atoms with E-state index in [0.29, 0.717) is 38.7 Å². The van der Waals surface area contributed by atoms with Crippen LogP contribution in [0.5, 0.6) is 0 Å². The van der Waals surface area contributed by atoms with Gasteiger partial charge in [0, 0.05) is 38.3 Å². The number of nitrogens with one attached hydrogen (secondary N) is 1. The molecular formula is C18H27F4IN4O. The molecule has 5 nitrogen and oxygen atoms in total. The summed E-state index contributed by atoms with van der Waals surface area (Å²) >= 11 is 0. The number of piperazine rings is 1. The number of halogens is 5. The molecule has 10 heteroatoms. The lowest BCUT2D eigenvalue weighted by Gasteiger charge is -2.39. The number of hydrogen-bond acceptors (Lipinski definition) is 3. The molecule has 1 atom stereocenters. The lowest BCUT2D eigenvalue weighted by atomic mass is 10.1. The van der Waals surface area contributed by atoms with Crippen molar-refractivity contribution in [1.29, 1.82) is 0 Å². The summed E-state index contributed by atoms with van der Waals surface area (Å²) in [6, 6.07) is 2.99. The van der Waals surface area contributed by atoms with Gasteiger partial charge in [-0.1, -0.05) is 6.07 Å². The van der Waals surface area contributed by atoms with Gasteiger partial charge in [-0.25, -0.2) is 9.38 Å². The van der Waals surface area contributed by atoms with E-state index in [2.05, 4.69) is 10.3 Å². The zero-order valence-electron chi connectivity index (χ0n) is 16.0. The topological polar surface area (TPSA) is 51.1 Å². The van der Waals surface area contributed by atoms with Crippen molar-refractivity contribution in [2.24, 2.45) is 4.99 Å². The van der Waals surface area contributed by atoms with Gasteiger partial charge in [-0.05, 0) is 31.5 Å². The highest BCUT2D eigenvalue weighted by atomic mass is 127. The van der Waals surface area contributed by atoms with E-state index in [1.807, 2.05) is 11.8 Å². The number of nitrogens with zero attached hydrogens (tertiary/aromatic N) is 3. The standard InChI is InChI=1S/C18H26F4N4O.HI/c1-3-23-17(24-11-14-4-5-16(19)15(10-14)12-27)26-8-6-25(7-9-26)13(2)18(20,21)22;/h4-5,10,13,27H,3,6-9,11-12H2,1-2H3,(H,23,24);1H. The van der Waals surface area contributed by atoms with Gasteiger partial charge in [0.2, 0.25) is 0 Å². The maximum Gasteiger partial charge on any atom is 0.403 e. The van der Waals surface area contributed by atoms with Crippen LogP contribution in [0.1, 0.15) is 25.0 Å². The summed E-state index contributed by atoms with van der Waals surface area (Å²) in [7, 11) is 0. The summed E-state index contributed by atoms with van der Waals surface area (Å²) in [5.41, 5.74) is 0.961. The van der Waals surface area contributed by atoms with E-state index in [0.717, 1.165) is 5.56 Å². The molecule has 1 aromatic rings. The van der Waals surface area contributed by atoms with Crippen LogP contribution in [0.3, 0.4) is 0 Å². The first-order valence-corrected chi connectivity index (χ1v) is 8.98. The molecule has 2 N–H and O–H groups in total. The Morgan fingerprint density at radius 3 is 2.43 bits per heavy atom. The maximum atomic E-state index is 13.5. The highest BCUT2D eigenvalue weighted by molar-refractivity contribution is 14.0. The normalized spacial score (nSPS) is 17.2. The van der Waals surface area contributed by atoms with Gasteiger partial charge in [0.1, 0.15) is 11.9 Å². The number of rotatable bonds is 5. The molecule has 1 unspecified atom stereocenters. The van der Waals surface area contributed by atoms with Crippen molar-refractivity contribution in [3.05, 3.63) is 35.1 Å². The highest BCUT2D eigenvalue weighted by Crippen LogP contribution is 2.25. The molecule has 160 valence electrons. The van der Waals surface area contributed by atoms with Crippen LogP contribution < -0.4 is 5.32 Å². The SMILES string of the molecule is CCNC(=NCc1ccc(F)c(CO)c1)N1CCN(C(C)C(F)(F)F)CC1.I. The second-order valence-electron chi connectivity index (χ2n) is 6.49. The largest absolute Gasteiger partial charge is 0.403 e. The molecule has 1 aliphatic rings. The van der Waals surface area contributed by atoms with Crippen LogP contribution in [0.25, 0.3) is 0 Å². The third kappa shape index (κ3) is 6.73. The van der Waals surface area contributed by atoms with E-state index >= 15 is 0 Å². The summed E-state index contributed by atoms with van der Waals surface area (Å²) in [5.74, 6) is 0.152. The van der Waals surface area contributed by atoms with Crippen LogP contribution in [-0.2, 0) is 13.2 Å². The zero-order valence-corrected chi connectivity index (χ0v) is 18.3. The van der Waals surface area contributed by atoms with Crippen molar-refractivity contribution in [3.63, 3.8) is 0 Å². The molecule has 0 aromatic heterocycles. The molecule has 1 aliphatic heterocycles. The molecular weight excluding hydrogens is 491 g/mol. The molecule has 1 heterocycles. The molecule has 0 saturated carbocycles. The van der Waals surface area contributed by atoms with E-state index in [9.17, 15) is 17.6 Å². The predicted molar refractivity (Wildman–Crippen MR) is 111 cm³/mol. The molecule has 1 saturated heterocycles. The van der Waals surface area contributed by atoms with E-state index in [4.69, 9.17) is 5.11 Å². The van der Waals surface area contributed by atoms with Gasteiger partial charge < -0.3 is 15.3 Å². The van der Waals surface area contributed by atoms with Gasteiger partial charge in [-0.15, -0.1) is 24.0 Å². The summed E-state index contributed by atoms with van der Waals surface area (Å²) in [4.78, 5) is 7.87. The summed E-state index contributed by atoms with van der Waals surface area (Å²) < 4.78 is 52.1. The number of aliphatic imine (C=N–C) groups is 1. The average Bonchev–Trinajstić information content (AvgIpc) is 2.65.